The number of amides is 2. The summed E-state index contributed by atoms with van der Waals surface area (Å²) in [5, 5.41) is 0. The van der Waals surface area contributed by atoms with Crippen molar-refractivity contribution < 1.29 is 14.3 Å². The van der Waals surface area contributed by atoms with Crippen LogP contribution in [0.3, 0.4) is 0 Å². The van der Waals surface area contributed by atoms with Gasteiger partial charge in [-0.15, -0.1) is 0 Å². The molecule has 172 valence electrons. The summed E-state index contributed by atoms with van der Waals surface area (Å²) in [6, 6.07) is 7.77. The zero-order chi connectivity index (χ0) is 22.1. The molecule has 0 bridgehead atoms. The molecule has 1 saturated carbocycles. The molecule has 1 fully saturated rings. The minimum Gasteiger partial charge on any atom is -0.487 e. The van der Waals surface area contributed by atoms with Crippen molar-refractivity contribution in [1.29, 1.82) is 0 Å². The van der Waals surface area contributed by atoms with Gasteiger partial charge >= 0.3 is 0 Å². The van der Waals surface area contributed by atoms with Gasteiger partial charge in [0, 0.05) is 26.1 Å². The van der Waals surface area contributed by atoms with Gasteiger partial charge in [0.25, 0.3) is 5.91 Å². The van der Waals surface area contributed by atoms with E-state index in [0.717, 1.165) is 83.8 Å². The Morgan fingerprint density at radius 1 is 1.00 bits per heavy atom. The number of hydrogen-bond donors (Lipinski definition) is 0. The molecule has 1 aromatic carbocycles. The topological polar surface area (TPSA) is 49.9 Å². The predicted octanol–water partition coefficient (Wildman–Crippen LogP) is 5.43. The van der Waals surface area contributed by atoms with Crippen LogP contribution in [0.25, 0.3) is 0 Å². The first-order valence-electron chi connectivity index (χ1n) is 12.5. The maximum Gasteiger partial charge on any atom is 0.257 e. The summed E-state index contributed by atoms with van der Waals surface area (Å²) in [6.45, 7) is 6.53. The Labute approximate surface area is 188 Å². The molecule has 31 heavy (non-hydrogen) atoms. The number of nitrogens with zero attached hydrogens (tertiary/aromatic N) is 2. The van der Waals surface area contributed by atoms with E-state index in [-0.39, 0.29) is 24.0 Å². The Bertz CT molecular complexity index is 720. The fourth-order valence-electron chi connectivity index (χ4n) is 4.97. The number of benzene rings is 1. The molecule has 5 heteroatoms. The van der Waals surface area contributed by atoms with Gasteiger partial charge in [-0.3, -0.25) is 9.59 Å². The number of carbonyl (C=O) groups is 2. The third kappa shape index (κ3) is 6.24. The van der Waals surface area contributed by atoms with Crippen LogP contribution in [-0.2, 0) is 4.79 Å². The van der Waals surface area contributed by atoms with Crippen LogP contribution >= 0.6 is 0 Å². The number of carbonyl (C=O) groups excluding carboxylic acids is 2. The molecule has 2 atom stereocenters. The van der Waals surface area contributed by atoms with Crippen molar-refractivity contribution in [2.75, 3.05) is 19.6 Å². The number of unbranched alkanes of at least 4 members (excludes halogenated alkanes) is 2. The number of rotatable bonds is 6. The van der Waals surface area contributed by atoms with Crippen molar-refractivity contribution in [3.8, 4) is 5.75 Å². The van der Waals surface area contributed by atoms with Crippen molar-refractivity contribution in [3.63, 3.8) is 0 Å². The zero-order valence-electron chi connectivity index (χ0n) is 19.5. The van der Waals surface area contributed by atoms with Crippen LogP contribution in [0.15, 0.2) is 24.3 Å². The normalized spacial score (nSPS) is 22.6. The fourth-order valence-corrected chi connectivity index (χ4v) is 4.97. The van der Waals surface area contributed by atoms with E-state index in [1.165, 1.54) is 0 Å². The van der Waals surface area contributed by atoms with Gasteiger partial charge in [0.05, 0.1) is 11.6 Å². The molecule has 5 nitrogen and oxygen atoms in total. The molecule has 0 unspecified atom stereocenters. The molecule has 1 heterocycles. The summed E-state index contributed by atoms with van der Waals surface area (Å²) in [5.41, 5.74) is 0.654. The van der Waals surface area contributed by atoms with E-state index in [4.69, 9.17) is 4.74 Å². The summed E-state index contributed by atoms with van der Waals surface area (Å²) in [4.78, 5) is 30.6. The maximum absolute atomic E-state index is 13.3. The van der Waals surface area contributed by atoms with Gasteiger partial charge in [-0.05, 0) is 57.1 Å². The number of fused-ring (bicyclic) bond motifs is 2. The van der Waals surface area contributed by atoms with Gasteiger partial charge in [-0.2, -0.15) is 0 Å². The first kappa shape index (κ1) is 23.6. The quantitative estimate of drug-likeness (QED) is 0.568. The van der Waals surface area contributed by atoms with Crippen LogP contribution in [0, 0.1) is 0 Å². The summed E-state index contributed by atoms with van der Waals surface area (Å²) in [5.74, 6) is 1.02. The lowest BCUT2D eigenvalue weighted by Gasteiger charge is -2.41. The molecule has 1 aliphatic carbocycles. The van der Waals surface area contributed by atoms with Crippen LogP contribution in [0.1, 0.15) is 94.8 Å². The molecule has 2 amide bonds. The highest BCUT2D eigenvalue weighted by Crippen LogP contribution is 2.31. The zero-order valence-corrected chi connectivity index (χ0v) is 19.5. The lowest BCUT2D eigenvalue weighted by molar-refractivity contribution is -0.137. The average molecular weight is 429 g/mol. The smallest absolute Gasteiger partial charge is 0.257 e. The molecule has 0 N–H and O–H groups in total. The van der Waals surface area contributed by atoms with Crippen LogP contribution in [0.4, 0.5) is 0 Å². The second kappa shape index (κ2) is 12.1. The predicted molar refractivity (Wildman–Crippen MR) is 124 cm³/mol. The standard InChI is InChI=1S/C26H40N2O3/c1-3-5-6-17-25(29)28-20-12-11-19-27(18-4-2)26(30)21-13-7-9-15-23(21)31-24-16-10-8-14-22(24)28/h7,9,13,15,22,24H,3-6,8,10-12,14,16-20H2,1-2H3/t22-,24+/m1/s1. The number of para-hydroxylation sites is 1. The highest BCUT2D eigenvalue weighted by molar-refractivity contribution is 5.97. The van der Waals surface area contributed by atoms with E-state index in [2.05, 4.69) is 18.7 Å². The van der Waals surface area contributed by atoms with E-state index in [9.17, 15) is 9.59 Å². The highest BCUT2D eigenvalue weighted by atomic mass is 16.5. The van der Waals surface area contributed by atoms with Crippen LogP contribution in [-0.4, -0.2) is 53.4 Å². The van der Waals surface area contributed by atoms with Crippen LogP contribution < -0.4 is 4.74 Å². The van der Waals surface area contributed by atoms with Crippen molar-refractivity contribution in [2.45, 2.75) is 96.6 Å². The number of ether oxygens (including phenoxy) is 1. The Hall–Kier alpha value is -2.04. The Morgan fingerprint density at radius 3 is 2.58 bits per heavy atom. The second-order valence-corrected chi connectivity index (χ2v) is 9.05. The molecule has 0 saturated heterocycles. The van der Waals surface area contributed by atoms with Crippen LogP contribution in [0.5, 0.6) is 5.75 Å². The van der Waals surface area contributed by atoms with Gasteiger partial charge < -0.3 is 14.5 Å². The molecule has 2 aliphatic rings. The minimum absolute atomic E-state index is 0.0446. The largest absolute Gasteiger partial charge is 0.487 e. The third-order valence-electron chi connectivity index (χ3n) is 6.64. The molecule has 0 aromatic heterocycles. The van der Waals surface area contributed by atoms with Crippen molar-refractivity contribution in [3.05, 3.63) is 29.8 Å². The number of hydrogen-bond acceptors (Lipinski definition) is 3. The minimum atomic E-state index is -0.0446. The summed E-state index contributed by atoms with van der Waals surface area (Å²) in [7, 11) is 0. The molecule has 1 aromatic rings. The monoisotopic (exact) mass is 428 g/mol. The van der Waals surface area contributed by atoms with Crippen molar-refractivity contribution in [2.24, 2.45) is 0 Å². The van der Waals surface area contributed by atoms with E-state index in [1.807, 2.05) is 29.2 Å². The first-order valence-corrected chi connectivity index (χ1v) is 12.5. The van der Waals surface area contributed by atoms with E-state index >= 15 is 0 Å². The maximum atomic E-state index is 13.3. The molecule has 0 radical (unpaired) electrons. The summed E-state index contributed by atoms with van der Waals surface area (Å²) in [6.07, 6.45) is 10.7. The molecule has 3 rings (SSSR count). The van der Waals surface area contributed by atoms with Crippen molar-refractivity contribution >= 4 is 11.8 Å². The van der Waals surface area contributed by atoms with Gasteiger partial charge in [0.15, 0.2) is 0 Å². The third-order valence-corrected chi connectivity index (χ3v) is 6.64. The van der Waals surface area contributed by atoms with Gasteiger partial charge in [0.2, 0.25) is 5.91 Å². The Kier molecular flexibility index (Phi) is 9.23. The van der Waals surface area contributed by atoms with E-state index < -0.39 is 0 Å². The fraction of sp³-hybridized carbons (Fsp3) is 0.692. The highest BCUT2D eigenvalue weighted by Gasteiger charge is 2.35. The lowest BCUT2D eigenvalue weighted by atomic mass is 9.90. The van der Waals surface area contributed by atoms with Gasteiger partial charge in [-0.25, -0.2) is 0 Å². The molecular formula is C26H40N2O3. The summed E-state index contributed by atoms with van der Waals surface area (Å²) < 4.78 is 6.53. The first-order chi connectivity index (χ1) is 15.2. The Balaban J connectivity index is 1.89. The lowest BCUT2D eigenvalue weighted by Crippen LogP contribution is -2.51. The van der Waals surface area contributed by atoms with E-state index in [0.29, 0.717) is 17.7 Å². The van der Waals surface area contributed by atoms with Gasteiger partial charge in [0.1, 0.15) is 11.9 Å². The van der Waals surface area contributed by atoms with Crippen LogP contribution in [0.2, 0.25) is 0 Å². The SMILES string of the molecule is CCCCCC(=O)N1CCCCN(CCC)C(=O)c2ccccc2O[C@H]2CCCC[C@H]21. The summed E-state index contributed by atoms with van der Waals surface area (Å²) >= 11 is 0. The van der Waals surface area contributed by atoms with Gasteiger partial charge in [-0.1, -0.05) is 45.2 Å². The second-order valence-electron chi connectivity index (χ2n) is 9.05. The van der Waals surface area contributed by atoms with E-state index in [1.54, 1.807) is 0 Å². The molecule has 1 aliphatic heterocycles. The molecular weight excluding hydrogens is 388 g/mol. The van der Waals surface area contributed by atoms with Crippen molar-refractivity contribution in [1.82, 2.24) is 9.80 Å². The average Bonchev–Trinajstić information content (AvgIpc) is 2.78. The Morgan fingerprint density at radius 2 is 1.77 bits per heavy atom. The molecule has 0 spiro atoms.